The van der Waals surface area contributed by atoms with E-state index in [0.717, 1.165) is 5.56 Å². The molecular weight excluding hydrogens is 206 g/mol. The zero-order chi connectivity index (χ0) is 11.8. The molecule has 1 atom stereocenters. The highest BCUT2D eigenvalue weighted by atomic mass is 16.3. The highest BCUT2D eigenvalue weighted by Crippen LogP contribution is 1.96. The zero-order valence-corrected chi connectivity index (χ0v) is 9.02. The van der Waals surface area contributed by atoms with Crippen LogP contribution in [0.5, 0.6) is 0 Å². The summed E-state index contributed by atoms with van der Waals surface area (Å²) in [4.78, 5) is 11.3. The predicted molar refractivity (Wildman–Crippen MR) is 61.7 cm³/mol. The molecule has 0 aliphatic carbocycles. The molecule has 1 unspecified atom stereocenters. The van der Waals surface area contributed by atoms with Gasteiger partial charge in [-0.15, -0.1) is 0 Å². The van der Waals surface area contributed by atoms with E-state index in [0.29, 0.717) is 6.54 Å². The van der Waals surface area contributed by atoms with Crippen LogP contribution in [0, 0.1) is 0 Å². The number of nitrogens with one attached hydrogen (secondary N) is 2. The molecule has 88 valence electrons. The fourth-order valence-electron chi connectivity index (χ4n) is 1.13. The minimum absolute atomic E-state index is 0.138. The van der Waals surface area contributed by atoms with E-state index in [-0.39, 0.29) is 19.1 Å². The van der Waals surface area contributed by atoms with Crippen LogP contribution in [-0.4, -0.2) is 30.3 Å². The summed E-state index contributed by atoms with van der Waals surface area (Å²) in [6.45, 7) is 0.765. The number of carbonyl (C=O) groups excluding carboxylic acids is 1. The highest BCUT2D eigenvalue weighted by molar-refractivity contribution is 5.73. The lowest BCUT2D eigenvalue weighted by Crippen LogP contribution is -2.41. The van der Waals surface area contributed by atoms with Crippen molar-refractivity contribution in [3.63, 3.8) is 0 Å². The molecule has 0 fully saturated rings. The summed E-state index contributed by atoms with van der Waals surface area (Å²) < 4.78 is 0. The first kappa shape index (κ1) is 12.5. The molecule has 1 rings (SSSR count). The first-order valence-corrected chi connectivity index (χ1v) is 5.16. The number of urea groups is 1. The quantitative estimate of drug-likeness (QED) is 0.558. The molecule has 5 heteroatoms. The van der Waals surface area contributed by atoms with Crippen LogP contribution in [0.1, 0.15) is 5.56 Å². The van der Waals surface area contributed by atoms with Gasteiger partial charge >= 0.3 is 6.03 Å². The molecule has 0 aliphatic heterocycles. The van der Waals surface area contributed by atoms with Crippen LogP contribution in [0.3, 0.4) is 0 Å². The Balaban J connectivity index is 2.20. The first-order valence-electron chi connectivity index (χ1n) is 5.16. The molecule has 5 N–H and O–H groups in total. The Morgan fingerprint density at radius 3 is 2.62 bits per heavy atom. The van der Waals surface area contributed by atoms with Gasteiger partial charge in [0.25, 0.3) is 0 Å². The number of hydrogen-bond donors (Lipinski definition) is 4. The van der Waals surface area contributed by atoms with Gasteiger partial charge in [0.1, 0.15) is 0 Å². The van der Waals surface area contributed by atoms with Crippen molar-refractivity contribution in [2.24, 2.45) is 5.73 Å². The van der Waals surface area contributed by atoms with Crippen LogP contribution in [-0.2, 0) is 6.54 Å². The van der Waals surface area contributed by atoms with E-state index < -0.39 is 6.10 Å². The van der Waals surface area contributed by atoms with Gasteiger partial charge in [0.15, 0.2) is 0 Å². The summed E-state index contributed by atoms with van der Waals surface area (Å²) in [5.74, 6) is 0. The molecule has 0 aromatic heterocycles. The van der Waals surface area contributed by atoms with E-state index in [2.05, 4.69) is 10.6 Å². The summed E-state index contributed by atoms with van der Waals surface area (Å²) in [6.07, 6.45) is -0.692. The van der Waals surface area contributed by atoms with Crippen LogP contribution in [0.25, 0.3) is 0 Å². The Morgan fingerprint density at radius 1 is 1.31 bits per heavy atom. The van der Waals surface area contributed by atoms with E-state index in [4.69, 9.17) is 10.8 Å². The van der Waals surface area contributed by atoms with Gasteiger partial charge in [0.05, 0.1) is 6.10 Å². The molecule has 0 spiro atoms. The fraction of sp³-hybridized carbons (Fsp3) is 0.364. The molecule has 0 saturated heterocycles. The minimum atomic E-state index is -0.692. The van der Waals surface area contributed by atoms with E-state index in [1.54, 1.807) is 0 Å². The standard InChI is InChI=1S/C11H17N3O2/c12-6-10(15)8-14-11(16)13-7-9-4-2-1-3-5-9/h1-5,10,15H,6-8,12H2,(H2,13,14,16). The third kappa shape index (κ3) is 4.77. The zero-order valence-electron chi connectivity index (χ0n) is 9.02. The molecule has 0 aliphatic rings. The number of nitrogens with two attached hydrogens (primary N) is 1. The maximum absolute atomic E-state index is 11.3. The van der Waals surface area contributed by atoms with Crippen LogP contribution >= 0.6 is 0 Å². The van der Waals surface area contributed by atoms with Gasteiger partial charge < -0.3 is 21.5 Å². The van der Waals surface area contributed by atoms with Gasteiger partial charge in [-0.3, -0.25) is 0 Å². The van der Waals surface area contributed by atoms with Gasteiger partial charge in [0.2, 0.25) is 0 Å². The topological polar surface area (TPSA) is 87.4 Å². The van der Waals surface area contributed by atoms with Crippen LogP contribution < -0.4 is 16.4 Å². The van der Waals surface area contributed by atoms with E-state index in [1.165, 1.54) is 0 Å². The summed E-state index contributed by atoms with van der Waals surface area (Å²) in [5.41, 5.74) is 6.23. The monoisotopic (exact) mass is 223 g/mol. The molecule has 0 bridgehead atoms. The largest absolute Gasteiger partial charge is 0.390 e. The molecule has 0 radical (unpaired) electrons. The number of hydrogen-bond acceptors (Lipinski definition) is 3. The lowest BCUT2D eigenvalue weighted by atomic mass is 10.2. The van der Waals surface area contributed by atoms with Crippen LogP contribution in [0.4, 0.5) is 4.79 Å². The second-order valence-corrected chi connectivity index (χ2v) is 3.44. The number of aliphatic hydroxyl groups excluding tert-OH is 1. The second-order valence-electron chi connectivity index (χ2n) is 3.44. The van der Waals surface area contributed by atoms with Crippen molar-refractivity contribution < 1.29 is 9.90 Å². The number of amides is 2. The third-order valence-electron chi connectivity index (χ3n) is 2.07. The van der Waals surface area contributed by atoms with Crippen molar-refractivity contribution in [1.29, 1.82) is 0 Å². The van der Waals surface area contributed by atoms with Crippen molar-refractivity contribution in [2.75, 3.05) is 13.1 Å². The average molecular weight is 223 g/mol. The summed E-state index contributed by atoms with van der Waals surface area (Å²) >= 11 is 0. The normalized spacial score (nSPS) is 11.9. The Labute approximate surface area is 94.7 Å². The number of carbonyl (C=O) groups is 1. The number of rotatable bonds is 5. The van der Waals surface area contributed by atoms with Crippen LogP contribution in [0.15, 0.2) is 30.3 Å². The third-order valence-corrected chi connectivity index (χ3v) is 2.07. The minimum Gasteiger partial charge on any atom is -0.390 e. The number of aliphatic hydroxyl groups is 1. The SMILES string of the molecule is NCC(O)CNC(=O)NCc1ccccc1. The first-order chi connectivity index (χ1) is 7.72. The Bertz CT molecular complexity index is 316. The molecule has 1 aromatic carbocycles. The second kappa shape index (κ2) is 6.81. The van der Waals surface area contributed by atoms with E-state index in [1.807, 2.05) is 30.3 Å². The predicted octanol–water partition coefficient (Wildman–Crippen LogP) is -0.195. The Hall–Kier alpha value is -1.59. The van der Waals surface area contributed by atoms with Gasteiger partial charge in [-0.2, -0.15) is 0 Å². The van der Waals surface area contributed by atoms with E-state index >= 15 is 0 Å². The molecule has 1 aromatic rings. The highest BCUT2D eigenvalue weighted by Gasteiger charge is 2.04. The maximum atomic E-state index is 11.3. The van der Waals surface area contributed by atoms with Gasteiger partial charge in [-0.1, -0.05) is 30.3 Å². The molecular formula is C11H17N3O2. The molecule has 2 amide bonds. The van der Waals surface area contributed by atoms with Gasteiger partial charge in [-0.25, -0.2) is 4.79 Å². The molecule has 5 nitrogen and oxygen atoms in total. The van der Waals surface area contributed by atoms with Crippen molar-refractivity contribution in [2.45, 2.75) is 12.6 Å². The van der Waals surface area contributed by atoms with E-state index in [9.17, 15) is 4.79 Å². The van der Waals surface area contributed by atoms with Crippen molar-refractivity contribution in [3.05, 3.63) is 35.9 Å². The Morgan fingerprint density at radius 2 is 2.00 bits per heavy atom. The summed E-state index contributed by atoms with van der Waals surface area (Å²) in [6, 6.07) is 9.28. The average Bonchev–Trinajstić information content (AvgIpc) is 2.34. The molecule has 0 saturated carbocycles. The van der Waals surface area contributed by atoms with Gasteiger partial charge in [0, 0.05) is 19.6 Å². The Kier molecular flexibility index (Phi) is 5.31. The lowest BCUT2D eigenvalue weighted by molar-refractivity contribution is 0.177. The van der Waals surface area contributed by atoms with Crippen molar-refractivity contribution >= 4 is 6.03 Å². The molecule has 0 heterocycles. The smallest absolute Gasteiger partial charge is 0.315 e. The maximum Gasteiger partial charge on any atom is 0.315 e. The van der Waals surface area contributed by atoms with Crippen molar-refractivity contribution in [3.8, 4) is 0 Å². The summed E-state index contributed by atoms with van der Waals surface area (Å²) in [5, 5.41) is 14.3. The lowest BCUT2D eigenvalue weighted by Gasteiger charge is -2.10. The molecule has 16 heavy (non-hydrogen) atoms. The summed E-state index contributed by atoms with van der Waals surface area (Å²) in [7, 11) is 0. The van der Waals surface area contributed by atoms with Gasteiger partial charge in [-0.05, 0) is 5.56 Å². The van der Waals surface area contributed by atoms with Crippen molar-refractivity contribution in [1.82, 2.24) is 10.6 Å². The van der Waals surface area contributed by atoms with Crippen LogP contribution in [0.2, 0.25) is 0 Å². The number of benzene rings is 1. The fourth-order valence-corrected chi connectivity index (χ4v) is 1.13.